The van der Waals surface area contributed by atoms with Crippen LogP contribution in [0.3, 0.4) is 0 Å². The highest BCUT2D eigenvalue weighted by Gasteiger charge is 2.11. The van der Waals surface area contributed by atoms with Crippen LogP contribution in [0.25, 0.3) is 0 Å². The second-order valence-electron chi connectivity index (χ2n) is 4.05. The number of aryl methyl sites for hydroxylation is 1. The molecule has 0 radical (unpaired) electrons. The summed E-state index contributed by atoms with van der Waals surface area (Å²) in [5.41, 5.74) is 8.48. The summed E-state index contributed by atoms with van der Waals surface area (Å²) in [6.45, 7) is 0. The predicted octanol–water partition coefficient (Wildman–Crippen LogP) is 1.40. The lowest BCUT2D eigenvalue weighted by atomic mass is 9.93. The van der Waals surface area contributed by atoms with Crippen LogP contribution in [0.1, 0.15) is 25.0 Å². The molecule has 1 aliphatic rings. The first-order valence-electron chi connectivity index (χ1n) is 5.16. The first-order chi connectivity index (χ1) is 6.74. The summed E-state index contributed by atoms with van der Waals surface area (Å²) >= 11 is 0. The van der Waals surface area contributed by atoms with Crippen LogP contribution < -0.4 is 5.73 Å². The van der Waals surface area contributed by atoms with E-state index in [4.69, 9.17) is 5.73 Å². The van der Waals surface area contributed by atoms with Gasteiger partial charge in [-0.3, -0.25) is 4.68 Å². The second-order valence-corrected chi connectivity index (χ2v) is 4.05. The van der Waals surface area contributed by atoms with Crippen LogP contribution in [-0.2, 0) is 13.5 Å². The van der Waals surface area contributed by atoms with E-state index < -0.39 is 0 Å². The Morgan fingerprint density at radius 1 is 1.64 bits per heavy atom. The summed E-state index contributed by atoms with van der Waals surface area (Å²) < 4.78 is 1.85. The van der Waals surface area contributed by atoms with E-state index in [9.17, 15) is 0 Å². The van der Waals surface area contributed by atoms with Crippen molar-refractivity contribution in [2.24, 2.45) is 12.8 Å². The van der Waals surface area contributed by atoms with Gasteiger partial charge < -0.3 is 5.73 Å². The molecule has 0 bridgehead atoms. The van der Waals surface area contributed by atoms with Crippen molar-refractivity contribution in [2.45, 2.75) is 31.7 Å². The molecule has 3 nitrogen and oxygen atoms in total. The fraction of sp³-hybridized carbons (Fsp3) is 0.545. The molecular formula is C11H17N3. The van der Waals surface area contributed by atoms with Gasteiger partial charge in [0.05, 0.1) is 5.69 Å². The van der Waals surface area contributed by atoms with Crippen LogP contribution in [0.5, 0.6) is 0 Å². The highest BCUT2D eigenvalue weighted by atomic mass is 15.2. The minimum absolute atomic E-state index is 0.377. The third-order valence-electron chi connectivity index (χ3n) is 2.72. The molecule has 1 atom stereocenters. The zero-order valence-corrected chi connectivity index (χ0v) is 8.61. The Kier molecular flexibility index (Phi) is 2.68. The summed E-state index contributed by atoms with van der Waals surface area (Å²) in [5, 5.41) is 4.37. The Morgan fingerprint density at radius 3 is 3.07 bits per heavy atom. The van der Waals surface area contributed by atoms with Gasteiger partial charge in [0.15, 0.2) is 0 Å². The third-order valence-corrected chi connectivity index (χ3v) is 2.72. The summed E-state index contributed by atoms with van der Waals surface area (Å²) in [7, 11) is 1.95. The second kappa shape index (κ2) is 3.96. The highest BCUT2D eigenvalue weighted by Crippen LogP contribution is 2.19. The molecule has 1 aliphatic carbocycles. The SMILES string of the molecule is Cn1ccc(CC2=CCC(N)CC2)n1. The maximum atomic E-state index is 5.83. The Bertz CT molecular complexity index is 338. The van der Waals surface area contributed by atoms with E-state index in [2.05, 4.69) is 17.2 Å². The summed E-state index contributed by atoms with van der Waals surface area (Å²) in [4.78, 5) is 0. The molecule has 3 heteroatoms. The number of hydrogen-bond donors (Lipinski definition) is 1. The molecule has 2 N–H and O–H groups in total. The summed E-state index contributed by atoms with van der Waals surface area (Å²) in [6.07, 6.45) is 8.55. The molecule has 1 unspecified atom stereocenters. The number of hydrogen-bond acceptors (Lipinski definition) is 2. The molecule has 1 aromatic heterocycles. The standard InChI is InChI=1S/C11H17N3/c1-14-7-6-11(13-14)8-9-2-4-10(12)5-3-9/h2,6-7,10H,3-5,8,12H2,1H3. The number of nitrogens with zero attached hydrogens (tertiary/aromatic N) is 2. The van der Waals surface area contributed by atoms with Crippen LogP contribution in [0.2, 0.25) is 0 Å². The van der Waals surface area contributed by atoms with Crippen LogP contribution in [0.15, 0.2) is 23.9 Å². The molecule has 0 saturated carbocycles. The van der Waals surface area contributed by atoms with Gasteiger partial charge in [-0.25, -0.2) is 0 Å². The monoisotopic (exact) mass is 191 g/mol. The van der Waals surface area contributed by atoms with Crippen molar-refractivity contribution in [3.63, 3.8) is 0 Å². The molecule has 0 spiro atoms. The lowest BCUT2D eigenvalue weighted by Crippen LogP contribution is -2.22. The van der Waals surface area contributed by atoms with Crippen molar-refractivity contribution in [1.82, 2.24) is 9.78 Å². The molecule has 0 saturated heterocycles. The highest BCUT2D eigenvalue weighted by molar-refractivity contribution is 5.16. The lowest BCUT2D eigenvalue weighted by Gasteiger charge is -2.17. The van der Waals surface area contributed by atoms with Crippen molar-refractivity contribution in [3.05, 3.63) is 29.6 Å². The van der Waals surface area contributed by atoms with E-state index in [0.29, 0.717) is 6.04 Å². The minimum atomic E-state index is 0.377. The van der Waals surface area contributed by atoms with Crippen molar-refractivity contribution < 1.29 is 0 Å². The normalized spacial score (nSPS) is 22.1. The Labute approximate surface area is 84.6 Å². The number of nitrogens with two attached hydrogens (primary N) is 1. The first-order valence-corrected chi connectivity index (χ1v) is 5.16. The third kappa shape index (κ3) is 2.23. The Hall–Kier alpha value is -1.09. The Balaban J connectivity index is 1.98. The number of allylic oxidation sites excluding steroid dienone is 1. The average Bonchev–Trinajstić information content (AvgIpc) is 2.56. The molecule has 0 aliphatic heterocycles. The largest absolute Gasteiger partial charge is 0.327 e. The average molecular weight is 191 g/mol. The van der Waals surface area contributed by atoms with E-state index in [1.165, 1.54) is 5.57 Å². The van der Waals surface area contributed by atoms with Gasteiger partial charge in [0.2, 0.25) is 0 Å². The van der Waals surface area contributed by atoms with Gasteiger partial charge in [0.1, 0.15) is 0 Å². The zero-order valence-electron chi connectivity index (χ0n) is 8.61. The molecule has 0 amide bonds. The van der Waals surface area contributed by atoms with E-state index in [1.807, 2.05) is 17.9 Å². The maximum Gasteiger partial charge on any atom is 0.0664 e. The van der Waals surface area contributed by atoms with Crippen molar-refractivity contribution in [2.75, 3.05) is 0 Å². The first kappa shape index (κ1) is 9.46. The molecule has 14 heavy (non-hydrogen) atoms. The minimum Gasteiger partial charge on any atom is -0.327 e. The number of rotatable bonds is 2. The van der Waals surface area contributed by atoms with Crippen molar-refractivity contribution in [3.8, 4) is 0 Å². The maximum absolute atomic E-state index is 5.83. The predicted molar refractivity (Wildman–Crippen MR) is 56.8 cm³/mol. The van der Waals surface area contributed by atoms with Gasteiger partial charge in [0, 0.05) is 25.7 Å². The van der Waals surface area contributed by atoms with Crippen molar-refractivity contribution >= 4 is 0 Å². The molecule has 0 aromatic carbocycles. The molecule has 76 valence electrons. The fourth-order valence-corrected chi connectivity index (χ4v) is 1.86. The van der Waals surface area contributed by atoms with Crippen LogP contribution in [-0.4, -0.2) is 15.8 Å². The fourth-order valence-electron chi connectivity index (χ4n) is 1.86. The molecule has 1 aromatic rings. The summed E-state index contributed by atoms with van der Waals surface area (Å²) in [5.74, 6) is 0. The van der Waals surface area contributed by atoms with Gasteiger partial charge >= 0.3 is 0 Å². The van der Waals surface area contributed by atoms with Gasteiger partial charge in [-0.2, -0.15) is 5.10 Å². The van der Waals surface area contributed by atoms with Gasteiger partial charge in [-0.05, 0) is 25.3 Å². The Morgan fingerprint density at radius 2 is 2.50 bits per heavy atom. The molecule has 1 heterocycles. The molecular weight excluding hydrogens is 174 g/mol. The van der Waals surface area contributed by atoms with E-state index in [1.54, 1.807) is 0 Å². The number of aromatic nitrogens is 2. The van der Waals surface area contributed by atoms with Crippen LogP contribution in [0.4, 0.5) is 0 Å². The topological polar surface area (TPSA) is 43.8 Å². The van der Waals surface area contributed by atoms with E-state index in [0.717, 1.165) is 31.4 Å². The zero-order chi connectivity index (χ0) is 9.97. The van der Waals surface area contributed by atoms with E-state index in [-0.39, 0.29) is 0 Å². The van der Waals surface area contributed by atoms with E-state index >= 15 is 0 Å². The smallest absolute Gasteiger partial charge is 0.0664 e. The quantitative estimate of drug-likeness (QED) is 0.718. The van der Waals surface area contributed by atoms with Crippen LogP contribution in [0, 0.1) is 0 Å². The lowest BCUT2D eigenvalue weighted by molar-refractivity contribution is 0.581. The van der Waals surface area contributed by atoms with Gasteiger partial charge in [0.25, 0.3) is 0 Å². The molecule has 2 rings (SSSR count). The van der Waals surface area contributed by atoms with Crippen molar-refractivity contribution in [1.29, 1.82) is 0 Å². The van der Waals surface area contributed by atoms with Gasteiger partial charge in [-0.15, -0.1) is 0 Å². The summed E-state index contributed by atoms with van der Waals surface area (Å²) in [6, 6.07) is 2.46. The van der Waals surface area contributed by atoms with Crippen LogP contribution >= 0.6 is 0 Å². The molecule has 0 fully saturated rings. The van der Waals surface area contributed by atoms with Gasteiger partial charge in [-0.1, -0.05) is 11.6 Å².